The second-order valence-electron chi connectivity index (χ2n) is 7.38. The van der Waals surface area contributed by atoms with Crippen molar-refractivity contribution >= 4 is 45.0 Å². The number of ether oxygens (including phenoxy) is 3. The molecule has 10 heteroatoms. The van der Waals surface area contributed by atoms with Crippen LogP contribution in [0, 0.1) is 5.82 Å². The largest absolute Gasteiger partial charge is 0.493 e. The van der Waals surface area contributed by atoms with Gasteiger partial charge in [0.15, 0.2) is 23.2 Å². The Labute approximate surface area is 202 Å². The number of halogens is 2. The Morgan fingerprint density at radius 3 is 2.67 bits per heavy atom. The van der Waals surface area contributed by atoms with Gasteiger partial charge in [-0.1, -0.05) is 29.5 Å². The van der Waals surface area contributed by atoms with Crippen molar-refractivity contribution < 1.29 is 23.4 Å². The molecule has 0 radical (unpaired) electrons. The summed E-state index contributed by atoms with van der Waals surface area (Å²) in [6, 6.07) is 12.0. The van der Waals surface area contributed by atoms with Gasteiger partial charge in [0.25, 0.3) is 5.91 Å². The fourth-order valence-electron chi connectivity index (χ4n) is 3.58. The molecule has 0 bridgehead atoms. The van der Waals surface area contributed by atoms with Crippen molar-refractivity contribution in [1.29, 1.82) is 0 Å². The molecule has 1 aromatic heterocycles. The Bertz CT molecular complexity index is 1060. The van der Waals surface area contributed by atoms with E-state index in [0.29, 0.717) is 27.9 Å². The maximum atomic E-state index is 14.2. The Morgan fingerprint density at radius 2 is 1.94 bits per heavy atom. The van der Waals surface area contributed by atoms with Crippen molar-refractivity contribution in [2.24, 2.45) is 0 Å². The number of fused-ring (bicyclic) bond motifs is 1. The van der Waals surface area contributed by atoms with Crippen LogP contribution in [0.15, 0.2) is 42.5 Å². The fraction of sp³-hybridized carbons (Fsp3) is 0.391. The number of nitrogens with zero attached hydrogens (tertiary/aromatic N) is 3. The zero-order valence-electron chi connectivity index (χ0n) is 18.4. The molecule has 7 nitrogen and oxygen atoms in total. The van der Waals surface area contributed by atoms with Gasteiger partial charge < -0.3 is 14.2 Å². The van der Waals surface area contributed by atoms with E-state index in [0.717, 1.165) is 39.3 Å². The third-order valence-electron chi connectivity index (χ3n) is 5.27. The lowest BCUT2D eigenvalue weighted by atomic mass is 10.3. The van der Waals surface area contributed by atoms with Crippen LogP contribution in [0.2, 0.25) is 0 Å². The van der Waals surface area contributed by atoms with E-state index in [1.165, 1.54) is 17.4 Å². The molecular weight excluding hydrogens is 469 g/mol. The summed E-state index contributed by atoms with van der Waals surface area (Å²) in [5, 5.41) is 0.473. The summed E-state index contributed by atoms with van der Waals surface area (Å²) in [5.74, 6) is 0.418. The molecule has 2 aromatic carbocycles. The van der Waals surface area contributed by atoms with Gasteiger partial charge in [-0.05, 0) is 30.7 Å². The fourth-order valence-corrected chi connectivity index (χ4v) is 4.60. The third kappa shape index (κ3) is 6.32. The van der Waals surface area contributed by atoms with Crippen LogP contribution in [0.5, 0.6) is 11.5 Å². The van der Waals surface area contributed by atoms with Gasteiger partial charge in [-0.25, -0.2) is 9.37 Å². The molecule has 1 amide bonds. The molecule has 1 aliphatic rings. The Kier molecular flexibility index (Phi) is 9.25. The number of benzene rings is 2. The zero-order chi connectivity index (χ0) is 22.3. The van der Waals surface area contributed by atoms with Crippen LogP contribution in [0.25, 0.3) is 10.2 Å². The maximum absolute atomic E-state index is 14.2. The highest BCUT2D eigenvalue weighted by Crippen LogP contribution is 2.31. The number of hydrogen-bond donors (Lipinski definition) is 0. The van der Waals surface area contributed by atoms with Gasteiger partial charge >= 0.3 is 0 Å². The van der Waals surface area contributed by atoms with Gasteiger partial charge in [0.1, 0.15) is 11.3 Å². The first-order valence-corrected chi connectivity index (χ1v) is 11.4. The van der Waals surface area contributed by atoms with E-state index in [4.69, 9.17) is 14.2 Å². The average molecular weight is 496 g/mol. The molecule has 4 rings (SSSR count). The lowest BCUT2D eigenvalue weighted by Crippen LogP contribution is -2.40. The van der Waals surface area contributed by atoms with E-state index in [2.05, 4.69) is 9.88 Å². The van der Waals surface area contributed by atoms with E-state index >= 15 is 0 Å². The molecule has 2 heterocycles. The molecule has 1 aliphatic heterocycles. The number of morpholine rings is 1. The summed E-state index contributed by atoms with van der Waals surface area (Å²) < 4.78 is 31.3. The van der Waals surface area contributed by atoms with Crippen molar-refractivity contribution in [3.63, 3.8) is 0 Å². The Balaban J connectivity index is 0.00000306. The number of amides is 1. The highest BCUT2D eigenvalue weighted by molar-refractivity contribution is 7.22. The standard InChI is InChI=1S/C23H26FN3O4S.ClH/c1-29-18-7-2-3-8-19(18)31-16-21(28)27(11-5-10-26-12-14-30-15-13-26)23-25-22-17(24)6-4-9-20(22)32-23;/h2-4,6-9H,5,10-16H2,1H3;1H. The van der Waals surface area contributed by atoms with E-state index in [1.807, 2.05) is 12.1 Å². The van der Waals surface area contributed by atoms with Crippen LogP contribution in [0.3, 0.4) is 0 Å². The summed E-state index contributed by atoms with van der Waals surface area (Å²) in [6.45, 7) is 4.37. The number of hydrogen-bond acceptors (Lipinski definition) is 7. The number of carbonyl (C=O) groups is 1. The monoisotopic (exact) mass is 495 g/mol. The third-order valence-corrected chi connectivity index (χ3v) is 6.31. The van der Waals surface area contributed by atoms with Crippen molar-refractivity contribution in [2.45, 2.75) is 6.42 Å². The molecule has 1 fully saturated rings. The van der Waals surface area contributed by atoms with Crippen LogP contribution in [0.4, 0.5) is 9.52 Å². The Morgan fingerprint density at radius 1 is 1.18 bits per heavy atom. The summed E-state index contributed by atoms with van der Waals surface area (Å²) in [7, 11) is 1.55. The van der Waals surface area contributed by atoms with Gasteiger partial charge in [0, 0.05) is 26.2 Å². The van der Waals surface area contributed by atoms with Crippen molar-refractivity contribution in [3.05, 3.63) is 48.3 Å². The highest BCUT2D eigenvalue weighted by Gasteiger charge is 2.22. The van der Waals surface area contributed by atoms with Gasteiger partial charge in [0.2, 0.25) is 0 Å². The van der Waals surface area contributed by atoms with Crippen LogP contribution >= 0.6 is 23.7 Å². The molecule has 33 heavy (non-hydrogen) atoms. The first-order chi connectivity index (χ1) is 15.7. The average Bonchev–Trinajstić information content (AvgIpc) is 3.26. The first kappa shape index (κ1) is 25.2. The number of methoxy groups -OCH3 is 1. The molecule has 0 N–H and O–H groups in total. The summed E-state index contributed by atoms with van der Waals surface area (Å²) >= 11 is 1.30. The number of rotatable bonds is 9. The van der Waals surface area contributed by atoms with Crippen molar-refractivity contribution in [1.82, 2.24) is 9.88 Å². The maximum Gasteiger partial charge on any atom is 0.266 e. The predicted molar refractivity (Wildman–Crippen MR) is 130 cm³/mol. The Hall–Kier alpha value is -2.46. The van der Waals surface area contributed by atoms with Crippen LogP contribution in [0.1, 0.15) is 6.42 Å². The number of para-hydroxylation sites is 3. The van der Waals surface area contributed by atoms with Crippen LogP contribution < -0.4 is 14.4 Å². The van der Waals surface area contributed by atoms with Gasteiger partial charge in [0.05, 0.1) is 25.0 Å². The molecule has 178 valence electrons. The van der Waals surface area contributed by atoms with E-state index in [9.17, 15) is 9.18 Å². The smallest absolute Gasteiger partial charge is 0.266 e. The lowest BCUT2D eigenvalue weighted by Gasteiger charge is -2.27. The normalized spacial score (nSPS) is 14.0. The summed E-state index contributed by atoms with van der Waals surface area (Å²) in [5.41, 5.74) is 0.282. The molecule has 0 unspecified atom stereocenters. The number of carbonyl (C=O) groups excluding carboxylic acids is 1. The molecule has 3 aromatic rings. The molecule has 1 saturated heterocycles. The highest BCUT2D eigenvalue weighted by atomic mass is 35.5. The zero-order valence-corrected chi connectivity index (χ0v) is 20.0. The minimum Gasteiger partial charge on any atom is -0.493 e. The molecular formula is C23H27ClFN3O4S. The van der Waals surface area contributed by atoms with Gasteiger partial charge in [-0.15, -0.1) is 12.4 Å². The predicted octanol–water partition coefficient (Wildman–Crippen LogP) is 4.00. The minimum absolute atomic E-state index is 0. The van der Waals surface area contributed by atoms with Crippen molar-refractivity contribution in [3.8, 4) is 11.5 Å². The molecule has 0 saturated carbocycles. The number of anilines is 1. The van der Waals surface area contributed by atoms with E-state index < -0.39 is 5.82 Å². The first-order valence-electron chi connectivity index (χ1n) is 10.6. The molecule has 0 aliphatic carbocycles. The van der Waals surface area contributed by atoms with E-state index in [1.54, 1.807) is 36.3 Å². The lowest BCUT2D eigenvalue weighted by molar-refractivity contribution is -0.120. The van der Waals surface area contributed by atoms with Gasteiger partial charge in [-0.3, -0.25) is 14.6 Å². The van der Waals surface area contributed by atoms with Crippen molar-refractivity contribution in [2.75, 3.05) is 58.0 Å². The van der Waals surface area contributed by atoms with Crippen LogP contribution in [-0.4, -0.2) is 68.9 Å². The second kappa shape index (κ2) is 12.1. The van der Waals surface area contributed by atoms with E-state index in [-0.39, 0.29) is 30.4 Å². The molecule has 0 atom stereocenters. The summed E-state index contributed by atoms with van der Waals surface area (Å²) in [6.07, 6.45) is 0.763. The SMILES string of the molecule is COc1ccccc1OCC(=O)N(CCCN1CCOCC1)c1nc2c(F)cccc2s1.Cl. The number of aromatic nitrogens is 1. The van der Waals surface area contributed by atoms with Crippen LogP contribution in [-0.2, 0) is 9.53 Å². The summed E-state index contributed by atoms with van der Waals surface area (Å²) in [4.78, 5) is 21.5. The quantitative estimate of drug-likeness (QED) is 0.447. The second-order valence-corrected chi connectivity index (χ2v) is 8.38. The minimum atomic E-state index is -0.393. The molecule has 0 spiro atoms. The van der Waals surface area contributed by atoms with Gasteiger partial charge in [-0.2, -0.15) is 0 Å². The topological polar surface area (TPSA) is 64.1 Å². The number of thiazole rings is 1.